The third-order valence-electron chi connectivity index (χ3n) is 4.84. The first-order valence-corrected chi connectivity index (χ1v) is 9.50. The van der Waals surface area contributed by atoms with Crippen LogP contribution in [0.2, 0.25) is 0 Å². The largest absolute Gasteiger partial charge is 0.468 e. The maximum atomic E-state index is 12.9. The van der Waals surface area contributed by atoms with Gasteiger partial charge in [-0.15, -0.1) is 0 Å². The summed E-state index contributed by atoms with van der Waals surface area (Å²) in [6.45, 7) is 5.69. The number of aromatic nitrogens is 1. The molecule has 1 aromatic carbocycles. The molecule has 29 heavy (non-hydrogen) atoms. The molecule has 8 nitrogen and oxygen atoms in total. The molecule has 0 bridgehead atoms. The Balaban J connectivity index is 1.82. The minimum atomic E-state index is -0.644. The summed E-state index contributed by atoms with van der Waals surface area (Å²) >= 11 is 0. The fourth-order valence-electron chi connectivity index (χ4n) is 3.54. The molecule has 0 spiro atoms. The minimum Gasteiger partial charge on any atom is -0.468 e. The van der Waals surface area contributed by atoms with E-state index in [2.05, 4.69) is 4.98 Å². The van der Waals surface area contributed by atoms with Crippen LogP contribution in [0.3, 0.4) is 0 Å². The molecule has 3 rings (SSSR count). The van der Waals surface area contributed by atoms with Gasteiger partial charge in [-0.2, -0.15) is 0 Å². The van der Waals surface area contributed by atoms with Crippen molar-refractivity contribution in [2.75, 3.05) is 27.2 Å². The lowest BCUT2D eigenvalue weighted by molar-refractivity contribution is -0.144. The molecule has 0 radical (unpaired) electrons. The first-order chi connectivity index (χ1) is 13.6. The van der Waals surface area contributed by atoms with Crippen molar-refractivity contribution in [3.05, 3.63) is 35.5 Å². The predicted molar refractivity (Wildman–Crippen MR) is 107 cm³/mol. The molecule has 1 aliphatic rings. The number of aromatic amines is 1. The third-order valence-corrected chi connectivity index (χ3v) is 4.84. The number of hydrogen-bond donors (Lipinski definition) is 1. The molecule has 0 fully saturated rings. The summed E-state index contributed by atoms with van der Waals surface area (Å²) in [5.41, 5.74) is 1.94. The fraction of sp³-hybridized carbons (Fsp3) is 0.476. The molecular formula is C21H27N3O5. The van der Waals surface area contributed by atoms with Crippen molar-refractivity contribution in [3.8, 4) is 0 Å². The lowest BCUT2D eigenvalue weighted by Crippen LogP contribution is -2.46. The minimum absolute atomic E-state index is 0.141. The number of amides is 2. The SMILES string of the molecule is COC(=O)C1CN(C(=O)CN(C)C(=O)OC(C)(C)C)Cc2[nH]c3ccccc3c21. The molecule has 2 amide bonds. The van der Waals surface area contributed by atoms with Crippen molar-refractivity contribution in [2.45, 2.75) is 38.8 Å². The molecule has 1 atom stereocenters. The number of nitrogens with one attached hydrogen (secondary N) is 1. The zero-order valence-corrected chi connectivity index (χ0v) is 17.4. The fourth-order valence-corrected chi connectivity index (χ4v) is 3.54. The van der Waals surface area contributed by atoms with E-state index in [1.807, 2.05) is 24.3 Å². The Morgan fingerprint density at radius 1 is 1.24 bits per heavy atom. The Labute approximate surface area is 169 Å². The summed E-state index contributed by atoms with van der Waals surface area (Å²) in [7, 11) is 2.86. The summed E-state index contributed by atoms with van der Waals surface area (Å²) in [5.74, 6) is -1.25. The highest BCUT2D eigenvalue weighted by Crippen LogP contribution is 2.35. The topological polar surface area (TPSA) is 91.9 Å². The van der Waals surface area contributed by atoms with Gasteiger partial charge in [-0.3, -0.25) is 9.59 Å². The van der Waals surface area contributed by atoms with Gasteiger partial charge in [0.2, 0.25) is 5.91 Å². The Hall–Kier alpha value is -3.03. The maximum Gasteiger partial charge on any atom is 0.410 e. The van der Waals surface area contributed by atoms with E-state index in [-0.39, 0.29) is 19.0 Å². The number of H-pyrrole nitrogens is 1. The van der Waals surface area contributed by atoms with Crippen LogP contribution in [0.5, 0.6) is 0 Å². The summed E-state index contributed by atoms with van der Waals surface area (Å²) < 4.78 is 10.3. The summed E-state index contributed by atoms with van der Waals surface area (Å²) in [6.07, 6.45) is -0.571. The lowest BCUT2D eigenvalue weighted by Gasteiger charge is -2.33. The van der Waals surface area contributed by atoms with E-state index >= 15 is 0 Å². The van der Waals surface area contributed by atoms with Crippen LogP contribution in [0.15, 0.2) is 24.3 Å². The molecule has 1 aromatic heterocycles. The highest BCUT2D eigenvalue weighted by Gasteiger charge is 2.36. The number of nitrogens with zero attached hydrogens (tertiary/aromatic N) is 2. The van der Waals surface area contributed by atoms with Crippen molar-refractivity contribution >= 4 is 28.9 Å². The molecular weight excluding hydrogens is 374 g/mol. The molecule has 156 valence electrons. The Bertz CT molecular complexity index is 943. The van der Waals surface area contributed by atoms with Crippen molar-refractivity contribution < 1.29 is 23.9 Å². The number of carbonyl (C=O) groups excluding carboxylic acids is 3. The number of carbonyl (C=O) groups is 3. The van der Waals surface area contributed by atoms with Crippen LogP contribution in [-0.2, 0) is 25.6 Å². The molecule has 2 aromatic rings. The number of ether oxygens (including phenoxy) is 2. The second kappa shape index (κ2) is 7.77. The normalized spacial score (nSPS) is 16.3. The highest BCUT2D eigenvalue weighted by atomic mass is 16.6. The van der Waals surface area contributed by atoms with Gasteiger partial charge in [0, 0.05) is 30.2 Å². The van der Waals surface area contributed by atoms with E-state index in [4.69, 9.17) is 9.47 Å². The van der Waals surface area contributed by atoms with E-state index in [0.29, 0.717) is 6.54 Å². The lowest BCUT2D eigenvalue weighted by atomic mass is 9.91. The van der Waals surface area contributed by atoms with E-state index in [1.165, 1.54) is 19.1 Å². The summed E-state index contributed by atoms with van der Waals surface area (Å²) in [6, 6.07) is 7.72. The van der Waals surface area contributed by atoms with Crippen LogP contribution >= 0.6 is 0 Å². The average Bonchev–Trinajstić information content (AvgIpc) is 3.03. The van der Waals surface area contributed by atoms with E-state index < -0.39 is 23.6 Å². The molecule has 8 heteroatoms. The van der Waals surface area contributed by atoms with Gasteiger partial charge in [0.1, 0.15) is 18.1 Å². The van der Waals surface area contributed by atoms with Gasteiger partial charge in [0.15, 0.2) is 0 Å². The zero-order valence-electron chi connectivity index (χ0n) is 17.4. The quantitative estimate of drug-likeness (QED) is 0.799. The number of methoxy groups -OCH3 is 1. The maximum absolute atomic E-state index is 12.9. The zero-order chi connectivity index (χ0) is 21.3. The van der Waals surface area contributed by atoms with Gasteiger partial charge in [-0.1, -0.05) is 18.2 Å². The highest BCUT2D eigenvalue weighted by molar-refractivity contribution is 5.93. The van der Waals surface area contributed by atoms with Crippen molar-refractivity contribution in [3.63, 3.8) is 0 Å². The van der Waals surface area contributed by atoms with Crippen molar-refractivity contribution in [2.24, 2.45) is 0 Å². The van der Waals surface area contributed by atoms with Gasteiger partial charge in [-0.25, -0.2) is 4.79 Å². The Morgan fingerprint density at radius 2 is 1.93 bits per heavy atom. The monoisotopic (exact) mass is 401 g/mol. The smallest absolute Gasteiger partial charge is 0.410 e. The molecule has 1 aliphatic heterocycles. The predicted octanol–water partition coefficient (Wildman–Crippen LogP) is 2.63. The molecule has 2 heterocycles. The van der Waals surface area contributed by atoms with Crippen molar-refractivity contribution in [1.29, 1.82) is 0 Å². The van der Waals surface area contributed by atoms with Crippen LogP contribution in [0.1, 0.15) is 37.9 Å². The number of hydrogen-bond acceptors (Lipinski definition) is 5. The van der Waals surface area contributed by atoms with Crippen LogP contribution in [0, 0.1) is 0 Å². The van der Waals surface area contributed by atoms with Gasteiger partial charge in [0.25, 0.3) is 0 Å². The van der Waals surface area contributed by atoms with E-state index in [0.717, 1.165) is 22.2 Å². The number of para-hydroxylation sites is 1. The Morgan fingerprint density at radius 3 is 2.59 bits per heavy atom. The molecule has 0 aliphatic carbocycles. The van der Waals surface area contributed by atoms with Crippen molar-refractivity contribution in [1.82, 2.24) is 14.8 Å². The van der Waals surface area contributed by atoms with Crippen LogP contribution in [0.4, 0.5) is 4.79 Å². The van der Waals surface area contributed by atoms with Gasteiger partial charge in [0.05, 0.1) is 13.7 Å². The first kappa shape index (κ1) is 20.7. The third kappa shape index (κ3) is 4.36. The summed E-state index contributed by atoms with van der Waals surface area (Å²) in [5, 5.41) is 0.955. The number of esters is 1. The first-order valence-electron chi connectivity index (χ1n) is 9.50. The van der Waals surface area contributed by atoms with Crippen LogP contribution < -0.4 is 0 Å². The van der Waals surface area contributed by atoms with Gasteiger partial charge >= 0.3 is 12.1 Å². The number of likely N-dealkylation sites (N-methyl/N-ethyl adjacent to an activating group) is 1. The second-order valence-electron chi connectivity index (χ2n) is 8.25. The average molecular weight is 401 g/mol. The standard InChI is InChI=1S/C21H27N3O5/c1-21(2,3)29-20(27)23(4)12-17(25)24-10-14(19(26)28-5)18-13-8-6-7-9-15(13)22-16(18)11-24/h6-9,14,22H,10-12H2,1-5H3. The van der Waals surface area contributed by atoms with Gasteiger partial charge < -0.3 is 24.3 Å². The van der Waals surface area contributed by atoms with E-state index in [9.17, 15) is 14.4 Å². The van der Waals surface area contributed by atoms with E-state index in [1.54, 1.807) is 25.7 Å². The number of fused-ring (bicyclic) bond motifs is 3. The number of rotatable bonds is 3. The summed E-state index contributed by atoms with van der Waals surface area (Å²) in [4.78, 5) is 43.6. The second-order valence-corrected chi connectivity index (χ2v) is 8.25. The Kier molecular flexibility index (Phi) is 5.55. The van der Waals surface area contributed by atoms with Crippen LogP contribution in [-0.4, -0.2) is 65.6 Å². The molecule has 1 unspecified atom stereocenters. The van der Waals surface area contributed by atoms with Crippen LogP contribution in [0.25, 0.3) is 10.9 Å². The van der Waals surface area contributed by atoms with Gasteiger partial charge in [-0.05, 0) is 32.4 Å². The molecule has 0 saturated carbocycles. The molecule has 1 N–H and O–H groups in total. The number of benzene rings is 1. The molecule has 0 saturated heterocycles.